The monoisotopic (exact) mass is 261 g/mol. The van der Waals surface area contributed by atoms with Crippen molar-refractivity contribution in [1.82, 2.24) is 0 Å². The number of rotatable bonds is 5. The van der Waals surface area contributed by atoms with Crippen molar-refractivity contribution >= 4 is 9.84 Å². The molecule has 1 fully saturated rings. The van der Waals surface area contributed by atoms with Crippen LogP contribution in [0.4, 0.5) is 0 Å². The van der Waals surface area contributed by atoms with Gasteiger partial charge in [0.1, 0.15) is 9.84 Å². The van der Waals surface area contributed by atoms with Crippen LogP contribution in [0.15, 0.2) is 0 Å². The van der Waals surface area contributed by atoms with Gasteiger partial charge in [-0.3, -0.25) is 0 Å². The summed E-state index contributed by atoms with van der Waals surface area (Å²) in [6.45, 7) is 6.92. The highest BCUT2D eigenvalue weighted by Crippen LogP contribution is 2.46. The maximum atomic E-state index is 11.6. The molecule has 0 amide bonds. The molecule has 1 rings (SSSR count). The van der Waals surface area contributed by atoms with Crippen LogP contribution in [0.25, 0.3) is 0 Å². The first-order valence-electron chi connectivity index (χ1n) is 6.65. The summed E-state index contributed by atoms with van der Waals surface area (Å²) in [5.74, 6) is 0.556. The van der Waals surface area contributed by atoms with Crippen molar-refractivity contribution in [3.63, 3.8) is 0 Å². The SMILES string of the molecule is CCS(=O)(=O)CCC1(CN)CCC(C)(C)CC1. The fourth-order valence-corrected chi connectivity index (χ4v) is 3.56. The predicted molar refractivity (Wildman–Crippen MR) is 72.7 cm³/mol. The molecule has 17 heavy (non-hydrogen) atoms. The van der Waals surface area contributed by atoms with Crippen molar-refractivity contribution in [2.45, 2.75) is 52.9 Å². The Morgan fingerprint density at radius 3 is 2.06 bits per heavy atom. The minimum absolute atomic E-state index is 0.0811. The second-order valence-electron chi connectivity index (χ2n) is 6.35. The van der Waals surface area contributed by atoms with Gasteiger partial charge in [-0.1, -0.05) is 20.8 Å². The lowest BCUT2D eigenvalue weighted by Crippen LogP contribution is -2.38. The summed E-state index contributed by atoms with van der Waals surface area (Å²) in [6.07, 6.45) is 5.23. The minimum Gasteiger partial charge on any atom is -0.330 e. The molecule has 0 radical (unpaired) electrons. The molecule has 0 spiro atoms. The molecule has 0 aliphatic heterocycles. The summed E-state index contributed by atoms with van der Waals surface area (Å²) in [4.78, 5) is 0. The van der Waals surface area contributed by atoms with Crippen LogP contribution in [0.2, 0.25) is 0 Å². The summed E-state index contributed by atoms with van der Waals surface area (Å²) in [7, 11) is -2.85. The number of sulfone groups is 1. The molecule has 0 aromatic carbocycles. The molecular weight excluding hydrogens is 234 g/mol. The molecule has 0 aromatic heterocycles. The van der Waals surface area contributed by atoms with Crippen LogP contribution in [0.3, 0.4) is 0 Å². The quantitative estimate of drug-likeness (QED) is 0.826. The molecule has 0 bridgehead atoms. The van der Waals surface area contributed by atoms with E-state index in [4.69, 9.17) is 5.73 Å². The first-order valence-corrected chi connectivity index (χ1v) is 8.47. The van der Waals surface area contributed by atoms with Gasteiger partial charge in [0, 0.05) is 5.75 Å². The first kappa shape index (κ1) is 15.0. The number of nitrogens with two attached hydrogens (primary N) is 1. The van der Waals surface area contributed by atoms with Gasteiger partial charge in [0.05, 0.1) is 5.75 Å². The lowest BCUT2D eigenvalue weighted by atomic mass is 9.64. The van der Waals surface area contributed by atoms with E-state index in [1.54, 1.807) is 6.92 Å². The topological polar surface area (TPSA) is 60.2 Å². The van der Waals surface area contributed by atoms with Crippen molar-refractivity contribution in [2.24, 2.45) is 16.6 Å². The summed E-state index contributed by atoms with van der Waals surface area (Å²) in [6, 6.07) is 0. The van der Waals surface area contributed by atoms with Crippen LogP contribution in [0.1, 0.15) is 52.9 Å². The molecular formula is C13H27NO2S. The Morgan fingerprint density at radius 2 is 1.65 bits per heavy atom. The van der Waals surface area contributed by atoms with E-state index in [1.807, 2.05) is 0 Å². The molecule has 0 heterocycles. The van der Waals surface area contributed by atoms with Crippen molar-refractivity contribution in [3.8, 4) is 0 Å². The van der Waals surface area contributed by atoms with E-state index < -0.39 is 9.84 Å². The van der Waals surface area contributed by atoms with E-state index in [9.17, 15) is 8.42 Å². The van der Waals surface area contributed by atoms with E-state index in [-0.39, 0.29) is 11.2 Å². The number of hydrogen-bond acceptors (Lipinski definition) is 3. The fourth-order valence-electron chi connectivity index (χ4n) is 2.53. The van der Waals surface area contributed by atoms with E-state index in [2.05, 4.69) is 13.8 Å². The standard InChI is InChI=1S/C13H27NO2S/c1-4-17(15,16)10-9-13(11-14)7-5-12(2,3)6-8-13/h4-11,14H2,1-3H3. The van der Waals surface area contributed by atoms with Crippen LogP contribution in [-0.4, -0.2) is 26.5 Å². The second-order valence-corrected chi connectivity index (χ2v) is 8.83. The van der Waals surface area contributed by atoms with Crippen molar-refractivity contribution in [3.05, 3.63) is 0 Å². The lowest BCUT2D eigenvalue weighted by Gasteiger charge is -2.43. The van der Waals surface area contributed by atoms with Gasteiger partial charge < -0.3 is 5.73 Å². The zero-order chi connectivity index (χ0) is 13.2. The van der Waals surface area contributed by atoms with Gasteiger partial charge in [-0.15, -0.1) is 0 Å². The molecule has 0 unspecified atom stereocenters. The van der Waals surface area contributed by atoms with Gasteiger partial charge in [0.2, 0.25) is 0 Å². The maximum absolute atomic E-state index is 11.6. The van der Waals surface area contributed by atoms with Gasteiger partial charge in [-0.05, 0) is 49.5 Å². The van der Waals surface area contributed by atoms with E-state index in [0.717, 1.165) is 32.1 Å². The van der Waals surface area contributed by atoms with Crippen LogP contribution >= 0.6 is 0 Å². The number of hydrogen-bond donors (Lipinski definition) is 1. The highest BCUT2D eigenvalue weighted by atomic mass is 32.2. The molecule has 3 nitrogen and oxygen atoms in total. The van der Waals surface area contributed by atoms with Crippen molar-refractivity contribution in [1.29, 1.82) is 0 Å². The van der Waals surface area contributed by atoms with Crippen LogP contribution in [0, 0.1) is 10.8 Å². The molecule has 102 valence electrons. The first-order chi connectivity index (χ1) is 7.74. The molecule has 1 saturated carbocycles. The van der Waals surface area contributed by atoms with Crippen molar-refractivity contribution in [2.75, 3.05) is 18.1 Å². The second kappa shape index (κ2) is 5.27. The molecule has 1 aliphatic carbocycles. The Morgan fingerprint density at radius 1 is 1.12 bits per heavy atom. The van der Waals surface area contributed by atoms with Gasteiger partial charge >= 0.3 is 0 Å². The third kappa shape index (κ3) is 4.25. The summed E-state index contributed by atoms with van der Waals surface area (Å²) >= 11 is 0. The molecule has 1 aliphatic rings. The zero-order valence-corrected chi connectivity index (χ0v) is 12.3. The fraction of sp³-hybridized carbons (Fsp3) is 1.00. The molecule has 2 N–H and O–H groups in total. The van der Waals surface area contributed by atoms with E-state index in [1.165, 1.54) is 0 Å². The van der Waals surface area contributed by atoms with Crippen LogP contribution in [0.5, 0.6) is 0 Å². The highest BCUT2D eigenvalue weighted by molar-refractivity contribution is 7.91. The molecule has 4 heteroatoms. The highest BCUT2D eigenvalue weighted by Gasteiger charge is 2.37. The zero-order valence-electron chi connectivity index (χ0n) is 11.5. The van der Waals surface area contributed by atoms with Gasteiger partial charge in [0.25, 0.3) is 0 Å². The van der Waals surface area contributed by atoms with Gasteiger partial charge in [-0.25, -0.2) is 8.42 Å². The average molecular weight is 261 g/mol. The predicted octanol–water partition coefficient (Wildman–Crippen LogP) is 2.36. The van der Waals surface area contributed by atoms with Gasteiger partial charge in [0.15, 0.2) is 0 Å². The third-order valence-electron chi connectivity index (χ3n) is 4.48. The minimum atomic E-state index is -2.85. The Balaban J connectivity index is 2.60. The smallest absolute Gasteiger partial charge is 0.150 e. The lowest BCUT2D eigenvalue weighted by molar-refractivity contribution is 0.105. The van der Waals surface area contributed by atoms with E-state index >= 15 is 0 Å². The molecule has 0 atom stereocenters. The molecule has 0 aromatic rings. The van der Waals surface area contributed by atoms with Crippen LogP contribution < -0.4 is 5.73 Å². The van der Waals surface area contributed by atoms with Crippen LogP contribution in [-0.2, 0) is 9.84 Å². The third-order valence-corrected chi connectivity index (χ3v) is 6.19. The summed E-state index contributed by atoms with van der Waals surface area (Å²) in [5.41, 5.74) is 6.39. The average Bonchev–Trinajstić information content (AvgIpc) is 2.29. The Labute approximate surface area is 106 Å². The van der Waals surface area contributed by atoms with Crippen molar-refractivity contribution < 1.29 is 8.42 Å². The Bertz CT molecular complexity index is 336. The summed E-state index contributed by atoms with van der Waals surface area (Å²) < 4.78 is 23.2. The maximum Gasteiger partial charge on any atom is 0.150 e. The summed E-state index contributed by atoms with van der Waals surface area (Å²) in [5, 5.41) is 0. The molecule has 0 saturated heterocycles. The largest absolute Gasteiger partial charge is 0.330 e. The van der Waals surface area contributed by atoms with Gasteiger partial charge in [-0.2, -0.15) is 0 Å². The van der Waals surface area contributed by atoms with E-state index in [0.29, 0.717) is 17.7 Å². The Hall–Kier alpha value is -0.0900. The Kier molecular flexibility index (Phi) is 4.64. The normalized spacial score (nSPS) is 23.5.